The second-order valence-corrected chi connectivity index (χ2v) is 3.47. The summed E-state index contributed by atoms with van der Waals surface area (Å²) in [7, 11) is 0. The summed E-state index contributed by atoms with van der Waals surface area (Å²) in [5.41, 5.74) is 0.863. The zero-order valence-electron chi connectivity index (χ0n) is 8.77. The molecule has 5 nitrogen and oxygen atoms in total. The predicted octanol–water partition coefficient (Wildman–Crippen LogP) is 0.818. The molecule has 5 heteroatoms. The van der Waals surface area contributed by atoms with Crippen molar-refractivity contribution >= 4 is 11.6 Å². The van der Waals surface area contributed by atoms with Gasteiger partial charge < -0.3 is 0 Å². The Hall–Kier alpha value is -1.78. The van der Waals surface area contributed by atoms with Gasteiger partial charge in [-0.2, -0.15) is 4.98 Å². The van der Waals surface area contributed by atoms with Crippen molar-refractivity contribution in [2.24, 2.45) is 0 Å². The number of rotatable bonds is 3. The Bertz CT molecular complexity index is 503. The third kappa shape index (κ3) is 2.01. The SMILES string of the molecule is CCc1nc2ncc(CC(C)=O)cn2n1. The molecular formula is C10H12N4O. The van der Waals surface area contributed by atoms with Gasteiger partial charge in [0.2, 0.25) is 0 Å². The molecule has 2 rings (SSSR count). The first-order chi connectivity index (χ1) is 7.19. The summed E-state index contributed by atoms with van der Waals surface area (Å²) in [6, 6.07) is 0. The van der Waals surface area contributed by atoms with E-state index in [-0.39, 0.29) is 5.78 Å². The second kappa shape index (κ2) is 3.76. The van der Waals surface area contributed by atoms with Crippen LogP contribution in [0.15, 0.2) is 12.4 Å². The van der Waals surface area contributed by atoms with E-state index in [4.69, 9.17) is 0 Å². The summed E-state index contributed by atoms with van der Waals surface area (Å²) >= 11 is 0. The summed E-state index contributed by atoms with van der Waals surface area (Å²) in [6.07, 6.45) is 4.65. The van der Waals surface area contributed by atoms with E-state index in [2.05, 4.69) is 15.1 Å². The fourth-order valence-electron chi connectivity index (χ4n) is 1.39. The number of nitrogens with zero attached hydrogens (tertiary/aromatic N) is 4. The Labute approximate surface area is 87.2 Å². The van der Waals surface area contributed by atoms with Crippen molar-refractivity contribution in [3.8, 4) is 0 Å². The van der Waals surface area contributed by atoms with E-state index in [1.165, 1.54) is 0 Å². The number of fused-ring (bicyclic) bond motifs is 1. The van der Waals surface area contributed by atoms with Crippen molar-refractivity contribution < 1.29 is 4.79 Å². The quantitative estimate of drug-likeness (QED) is 0.742. The Morgan fingerprint density at radius 3 is 3.00 bits per heavy atom. The third-order valence-electron chi connectivity index (χ3n) is 2.06. The lowest BCUT2D eigenvalue weighted by Gasteiger charge is -1.96. The summed E-state index contributed by atoms with van der Waals surface area (Å²) in [6.45, 7) is 3.55. The van der Waals surface area contributed by atoms with Gasteiger partial charge in [0.15, 0.2) is 5.82 Å². The first-order valence-electron chi connectivity index (χ1n) is 4.88. The van der Waals surface area contributed by atoms with Crippen molar-refractivity contribution in [2.75, 3.05) is 0 Å². The lowest BCUT2D eigenvalue weighted by Crippen LogP contribution is -2.00. The van der Waals surface area contributed by atoms with Gasteiger partial charge in [0.05, 0.1) is 0 Å². The minimum atomic E-state index is 0.118. The van der Waals surface area contributed by atoms with Crippen LogP contribution in [-0.2, 0) is 17.6 Å². The van der Waals surface area contributed by atoms with Crippen LogP contribution >= 0.6 is 0 Å². The average Bonchev–Trinajstić information content (AvgIpc) is 2.58. The molecule has 0 atom stereocenters. The van der Waals surface area contributed by atoms with E-state index in [1.807, 2.05) is 6.92 Å². The van der Waals surface area contributed by atoms with E-state index in [9.17, 15) is 4.79 Å². The zero-order chi connectivity index (χ0) is 10.8. The fourth-order valence-corrected chi connectivity index (χ4v) is 1.39. The van der Waals surface area contributed by atoms with Crippen LogP contribution in [0.2, 0.25) is 0 Å². The van der Waals surface area contributed by atoms with Crippen molar-refractivity contribution in [3.05, 3.63) is 23.8 Å². The van der Waals surface area contributed by atoms with Crippen LogP contribution < -0.4 is 0 Å². The van der Waals surface area contributed by atoms with Gasteiger partial charge in [-0.25, -0.2) is 9.50 Å². The van der Waals surface area contributed by atoms with Gasteiger partial charge >= 0.3 is 0 Å². The van der Waals surface area contributed by atoms with E-state index in [1.54, 1.807) is 23.8 Å². The lowest BCUT2D eigenvalue weighted by molar-refractivity contribution is -0.116. The van der Waals surface area contributed by atoms with Crippen LogP contribution in [0.3, 0.4) is 0 Å². The molecule has 0 fully saturated rings. The van der Waals surface area contributed by atoms with E-state index in [0.29, 0.717) is 12.2 Å². The van der Waals surface area contributed by atoms with Gasteiger partial charge in [0.25, 0.3) is 5.78 Å². The molecule has 0 unspecified atom stereocenters. The van der Waals surface area contributed by atoms with Crippen LogP contribution in [0.1, 0.15) is 25.2 Å². The minimum Gasteiger partial charge on any atom is -0.300 e. The molecule has 0 N–H and O–H groups in total. The number of aryl methyl sites for hydroxylation is 1. The molecule has 0 saturated heterocycles. The van der Waals surface area contributed by atoms with Crippen molar-refractivity contribution in [3.63, 3.8) is 0 Å². The molecule has 0 aliphatic heterocycles. The smallest absolute Gasteiger partial charge is 0.252 e. The number of hydrogen-bond acceptors (Lipinski definition) is 4. The van der Waals surface area contributed by atoms with Crippen LogP contribution in [0.25, 0.3) is 5.78 Å². The van der Waals surface area contributed by atoms with Crippen LogP contribution in [0.4, 0.5) is 0 Å². The number of carbonyl (C=O) groups excluding carboxylic acids is 1. The summed E-state index contributed by atoms with van der Waals surface area (Å²) in [4.78, 5) is 19.3. The molecule has 0 aliphatic carbocycles. The molecule has 0 saturated carbocycles. The number of aromatic nitrogens is 4. The normalized spacial score (nSPS) is 10.8. The van der Waals surface area contributed by atoms with E-state index < -0.39 is 0 Å². The number of Topliss-reactive ketones (excluding diaryl/α,β-unsaturated/α-hetero) is 1. The van der Waals surface area contributed by atoms with E-state index >= 15 is 0 Å². The zero-order valence-corrected chi connectivity index (χ0v) is 8.77. The molecule has 0 amide bonds. The standard InChI is InChI=1S/C10H12N4O/c1-3-9-12-10-11-5-8(4-7(2)15)6-14(10)13-9/h5-6H,3-4H2,1-2H3. The highest BCUT2D eigenvalue weighted by molar-refractivity contribution is 5.77. The number of hydrogen-bond donors (Lipinski definition) is 0. The average molecular weight is 204 g/mol. The highest BCUT2D eigenvalue weighted by atomic mass is 16.1. The predicted molar refractivity (Wildman–Crippen MR) is 54.5 cm³/mol. The van der Waals surface area contributed by atoms with Crippen LogP contribution in [-0.4, -0.2) is 25.4 Å². The second-order valence-electron chi connectivity index (χ2n) is 3.47. The van der Waals surface area contributed by atoms with Crippen molar-refractivity contribution in [1.29, 1.82) is 0 Å². The Morgan fingerprint density at radius 1 is 1.53 bits per heavy atom. The van der Waals surface area contributed by atoms with Gasteiger partial charge in [0.1, 0.15) is 5.78 Å². The molecule has 15 heavy (non-hydrogen) atoms. The molecule has 2 heterocycles. The summed E-state index contributed by atoms with van der Waals surface area (Å²) in [5.74, 6) is 1.47. The number of ketones is 1. The molecule has 0 bridgehead atoms. The van der Waals surface area contributed by atoms with Gasteiger partial charge in [-0.3, -0.25) is 4.79 Å². The lowest BCUT2D eigenvalue weighted by atomic mass is 10.2. The molecule has 78 valence electrons. The monoisotopic (exact) mass is 204 g/mol. The van der Waals surface area contributed by atoms with Gasteiger partial charge in [-0.1, -0.05) is 6.92 Å². The maximum atomic E-state index is 10.9. The van der Waals surface area contributed by atoms with E-state index in [0.717, 1.165) is 17.8 Å². The minimum absolute atomic E-state index is 0.118. The van der Waals surface area contributed by atoms with Crippen molar-refractivity contribution in [1.82, 2.24) is 19.6 Å². The first-order valence-corrected chi connectivity index (χ1v) is 4.88. The fraction of sp³-hybridized carbons (Fsp3) is 0.400. The van der Waals surface area contributed by atoms with Gasteiger partial charge in [-0.15, -0.1) is 5.10 Å². The molecule has 0 aliphatic rings. The molecule has 2 aromatic heterocycles. The molecule has 0 spiro atoms. The Kier molecular flexibility index (Phi) is 2.45. The number of carbonyl (C=O) groups is 1. The van der Waals surface area contributed by atoms with Crippen molar-refractivity contribution in [2.45, 2.75) is 26.7 Å². The molecule has 0 radical (unpaired) electrons. The third-order valence-corrected chi connectivity index (χ3v) is 2.06. The van der Waals surface area contributed by atoms with Gasteiger partial charge in [0, 0.05) is 25.2 Å². The highest BCUT2D eigenvalue weighted by Crippen LogP contribution is 2.03. The topological polar surface area (TPSA) is 60.2 Å². The largest absolute Gasteiger partial charge is 0.300 e. The highest BCUT2D eigenvalue weighted by Gasteiger charge is 2.04. The Morgan fingerprint density at radius 2 is 2.33 bits per heavy atom. The molecule has 0 aromatic carbocycles. The molecule has 2 aromatic rings. The van der Waals surface area contributed by atoms with Crippen LogP contribution in [0.5, 0.6) is 0 Å². The Balaban J connectivity index is 2.41. The van der Waals surface area contributed by atoms with Crippen LogP contribution in [0, 0.1) is 0 Å². The summed E-state index contributed by atoms with van der Waals surface area (Å²) < 4.78 is 1.62. The maximum Gasteiger partial charge on any atom is 0.252 e. The maximum absolute atomic E-state index is 10.9. The summed E-state index contributed by atoms with van der Waals surface area (Å²) in [5, 5.41) is 4.23. The molecular weight excluding hydrogens is 192 g/mol. The van der Waals surface area contributed by atoms with Gasteiger partial charge in [-0.05, 0) is 12.5 Å². The first kappa shape index (κ1) is 9.76.